The van der Waals surface area contributed by atoms with Gasteiger partial charge in [-0.1, -0.05) is 27.7 Å². The molecule has 3 N–H and O–H groups in total. The van der Waals surface area contributed by atoms with Crippen molar-refractivity contribution in [2.24, 2.45) is 0 Å². The number of rotatable bonds is 9. The molecule has 2 unspecified atom stereocenters. The Hall–Kier alpha value is -1.13. The fraction of sp³-hybridized carbons (Fsp3) is 0.706. The van der Waals surface area contributed by atoms with E-state index in [0.29, 0.717) is 6.04 Å². The molecule has 0 aliphatic heterocycles. The van der Waals surface area contributed by atoms with Gasteiger partial charge < -0.3 is 11.1 Å². The molecule has 1 heterocycles. The summed E-state index contributed by atoms with van der Waals surface area (Å²) in [5, 5.41) is 3.67. The fourth-order valence-electron chi connectivity index (χ4n) is 3.22. The number of likely N-dealkylation sites (N-methyl/N-ethyl adjacent to an activating group) is 2. The monoisotopic (exact) mass is 292 g/mol. The van der Waals surface area contributed by atoms with Gasteiger partial charge in [0.2, 0.25) is 0 Å². The summed E-state index contributed by atoms with van der Waals surface area (Å²) in [6, 6.07) is 2.25. The van der Waals surface area contributed by atoms with E-state index in [4.69, 9.17) is 5.73 Å². The topological polar surface area (TPSA) is 54.2 Å². The number of hydrogen-bond acceptors (Lipinski definition) is 4. The average Bonchev–Trinajstić information content (AvgIpc) is 2.49. The van der Waals surface area contributed by atoms with Crippen LogP contribution in [0.15, 0.2) is 18.5 Å². The van der Waals surface area contributed by atoms with Crippen LogP contribution >= 0.6 is 0 Å². The maximum absolute atomic E-state index is 6.11. The fourth-order valence-corrected chi connectivity index (χ4v) is 3.22. The van der Waals surface area contributed by atoms with Gasteiger partial charge in [-0.2, -0.15) is 0 Å². The van der Waals surface area contributed by atoms with E-state index in [1.807, 2.05) is 12.3 Å². The summed E-state index contributed by atoms with van der Waals surface area (Å²) >= 11 is 0. The molecule has 0 amide bonds. The molecule has 4 nitrogen and oxygen atoms in total. The van der Waals surface area contributed by atoms with E-state index in [9.17, 15) is 0 Å². The van der Waals surface area contributed by atoms with E-state index in [-0.39, 0.29) is 5.54 Å². The van der Waals surface area contributed by atoms with E-state index in [2.05, 4.69) is 49.8 Å². The molecular weight excluding hydrogens is 260 g/mol. The van der Waals surface area contributed by atoms with Gasteiger partial charge in [-0.25, -0.2) is 0 Å². The summed E-state index contributed by atoms with van der Waals surface area (Å²) in [5.74, 6) is 0. The first-order chi connectivity index (χ1) is 10.0. The first-order valence-corrected chi connectivity index (χ1v) is 8.20. The lowest BCUT2D eigenvalue weighted by molar-refractivity contribution is 0.0707. The van der Waals surface area contributed by atoms with E-state index in [1.54, 1.807) is 6.20 Å². The maximum Gasteiger partial charge on any atom is 0.0378 e. The predicted octanol–water partition coefficient (Wildman–Crippen LogP) is 2.69. The molecule has 0 radical (unpaired) electrons. The van der Waals surface area contributed by atoms with Crippen LogP contribution in [-0.2, 0) is 6.42 Å². The van der Waals surface area contributed by atoms with Gasteiger partial charge in [0.15, 0.2) is 0 Å². The highest BCUT2D eigenvalue weighted by atomic mass is 15.2. The molecule has 4 heteroatoms. The van der Waals surface area contributed by atoms with E-state index >= 15 is 0 Å². The molecule has 120 valence electrons. The Morgan fingerprint density at radius 3 is 2.43 bits per heavy atom. The molecular formula is C17H32N4. The highest BCUT2D eigenvalue weighted by Gasteiger charge is 2.36. The van der Waals surface area contributed by atoms with Gasteiger partial charge in [0.05, 0.1) is 0 Å². The number of anilines is 1. The Bertz CT molecular complexity index is 417. The summed E-state index contributed by atoms with van der Waals surface area (Å²) in [7, 11) is 0. The Labute approximate surface area is 130 Å². The molecule has 0 aromatic carbocycles. The van der Waals surface area contributed by atoms with Gasteiger partial charge in [0.1, 0.15) is 0 Å². The number of nitrogen functional groups attached to an aromatic ring is 1. The second-order valence-electron chi connectivity index (χ2n) is 5.77. The lowest BCUT2D eigenvalue weighted by atomic mass is 9.83. The van der Waals surface area contributed by atoms with E-state index in [0.717, 1.165) is 43.7 Å². The van der Waals surface area contributed by atoms with Gasteiger partial charge in [0.25, 0.3) is 0 Å². The smallest absolute Gasteiger partial charge is 0.0378 e. The van der Waals surface area contributed by atoms with Crippen molar-refractivity contribution < 1.29 is 0 Å². The Morgan fingerprint density at radius 1 is 1.29 bits per heavy atom. The van der Waals surface area contributed by atoms with Crippen LogP contribution in [0.5, 0.6) is 0 Å². The van der Waals surface area contributed by atoms with Crippen LogP contribution in [0.2, 0.25) is 0 Å². The molecule has 1 rings (SSSR count). The molecule has 0 fully saturated rings. The first kappa shape index (κ1) is 17.9. The quantitative estimate of drug-likeness (QED) is 0.735. The summed E-state index contributed by atoms with van der Waals surface area (Å²) in [6.07, 6.45) is 5.67. The third kappa shape index (κ3) is 4.17. The molecule has 1 aromatic heterocycles. The maximum atomic E-state index is 6.11. The Morgan fingerprint density at radius 2 is 1.95 bits per heavy atom. The van der Waals surface area contributed by atoms with Crippen LogP contribution in [0, 0.1) is 0 Å². The van der Waals surface area contributed by atoms with Crippen molar-refractivity contribution in [3.8, 4) is 0 Å². The predicted molar refractivity (Wildman–Crippen MR) is 91.4 cm³/mol. The number of hydrogen-bond donors (Lipinski definition) is 2. The van der Waals surface area contributed by atoms with E-state index < -0.39 is 0 Å². The third-order valence-electron chi connectivity index (χ3n) is 4.77. The van der Waals surface area contributed by atoms with Crippen molar-refractivity contribution >= 4 is 5.69 Å². The second kappa shape index (κ2) is 8.35. The zero-order chi connectivity index (χ0) is 15.9. The van der Waals surface area contributed by atoms with Crippen LogP contribution in [-0.4, -0.2) is 41.1 Å². The summed E-state index contributed by atoms with van der Waals surface area (Å²) in [6.45, 7) is 14.4. The standard InChI is InChI=1S/C17H32N4/c1-6-17(5,21(8-3)9-4)16(20-7-2)12-14-13-19-11-10-15(14)18/h10-11,13,16,20H,6-9,12H2,1-5H3,(H2,18,19). The zero-order valence-electron chi connectivity index (χ0n) is 14.3. The lowest BCUT2D eigenvalue weighted by Crippen LogP contribution is -2.60. The number of aromatic nitrogens is 1. The molecule has 2 atom stereocenters. The Kier molecular flexibility index (Phi) is 7.12. The summed E-state index contributed by atoms with van der Waals surface area (Å²) < 4.78 is 0. The van der Waals surface area contributed by atoms with Gasteiger partial charge in [-0.05, 0) is 51.0 Å². The minimum absolute atomic E-state index is 0.113. The van der Waals surface area contributed by atoms with Gasteiger partial charge in [-0.15, -0.1) is 0 Å². The number of nitrogens with zero attached hydrogens (tertiary/aromatic N) is 2. The van der Waals surface area contributed by atoms with Crippen LogP contribution in [0.3, 0.4) is 0 Å². The largest absolute Gasteiger partial charge is 0.398 e. The number of nitrogens with one attached hydrogen (secondary N) is 1. The van der Waals surface area contributed by atoms with Crippen LogP contribution in [0.4, 0.5) is 5.69 Å². The van der Waals surface area contributed by atoms with Gasteiger partial charge >= 0.3 is 0 Å². The normalized spacial score (nSPS) is 15.9. The SMILES string of the molecule is CCNC(Cc1cnccc1N)C(C)(CC)N(CC)CC. The molecule has 0 aliphatic rings. The second-order valence-corrected chi connectivity index (χ2v) is 5.77. The average molecular weight is 292 g/mol. The lowest BCUT2D eigenvalue weighted by Gasteiger charge is -2.46. The Balaban J connectivity index is 3.05. The molecule has 0 saturated heterocycles. The van der Waals surface area contributed by atoms with Gasteiger partial charge in [-0.3, -0.25) is 9.88 Å². The molecule has 21 heavy (non-hydrogen) atoms. The molecule has 0 saturated carbocycles. The molecule has 1 aromatic rings. The minimum Gasteiger partial charge on any atom is -0.398 e. The third-order valence-corrected chi connectivity index (χ3v) is 4.77. The van der Waals surface area contributed by atoms with Crippen molar-refractivity contribution in [3.05, 3.63) is 24.0 Å². The molecule has 0 spiro atoms. The number of pyridine rings is 1. The van der Waals surface area contributed by atoms with Gasteiger partial charge in [0, 0.05) is 29.7 Å². The molecule has 0 bridgehead atoms. The van der Waals surface area contributed by atoms with Crippen molar-refractivity contribution in [2.75, 3.05) is 25.4 Å². The van der Waals surface area contributed by atoms with Crippen LogP contribution in [0.25, 0.3) is 0 Å². The van der Waals surface area contributed by atoms with Crippen LogP contribution < -0.4 is 11.1 Å². The number of nitrogens with two attached hydrogens (primary N) is 1. The highest BCUT2D eigenvalue weighted by Crippen LogP contribution is 2.27. The minimum atomic E-state index is 0.113. The highest BCUT2D eigenvalue weighted by molar-refractivity contribution is 5.44. The van der Waals surface area contributed by atoms with Crippen molar-refractivity contribution in [3.63, 3.8) is 0 Å². The van der Waals surface area contributed by atoms with E-state index in [1.165, 1.54) is 0 Å². The van der Waals surface area contributed by atoms with Crippen molar-refractivity contribution in [1.82, 2.24) is 15.2 Å². The zero-order valence-corrected chi connectivity index (χ0v) is 14.3. The van der Waals surface area contributed by atoms with Crippen LogP contribution in [0.1, 0.15) is 46.6 Å². The summed E-state index contributed by atoms with van der Waals surface area (Å²) in [4.78, 5) is 6.78. The summed E-state index contributed by atoms with van der Waals surface area (Å²) in [5.41, 5.74) is 8.20. The first-order valence-electron chi connectivity index (χ1n) is 8.20. The van der Waals surface area contributed by atoms with Crippen molar-refractivity contribution in [2.45, 2.75) is 59.0 Å². The molecule has 0 aliphatic carbocycles. The van der Waals surface area contributed by atoms with Crippen molar-refractivity contribution in [1.29, 1.82) is 0 Å².